The number of carbonyl (C=O) groups is 1. The van der Waals surface area contributed by atoms with Crippen LogP contribution >= 0.6 is 0 Å². The van der Waals surface area contributed by atoms with E-state index in [1.165, 1.54) is 16.8 Å². The third kappa shape index (κ3) is 2.29. The zero-order valence-electron chi connectivity index (χ0n) is 12.5. The first-order valence-electron chi connectivity index (χ1n) is 7.26. The average molecular weight is 274 g/mol. The van der Waals surface area contributed by atoms with Gasteiger partial charge in [-0.05, 0) is 38.0 Å². The summed E-state index contributed by atoms with van der Waals surface area (Å²) in [5, 5.41) is 0. The van der Waals surface area contributed by atoms with Crippen LogP contribution in [0.5, 0.6) is 0 Å². The lowest BCUT2D eigenvalue weighted by atomic mass is 10.1. The number of carbonyl (C=O) groups excluding carboxylic acids is 1. The van der Waals surface area contributed by atoms with E-state index >= 15 is 0 Å². The third-order valence-corrected chi connectivity index (χ3v) is 4.51. The van der Waals surface area contributed by atoms with Crippen LogP contribution in [0.2, 0.25) is 0 Å². The maximum absolute atomic E-state index is 12.2. The van der Waals surface area contributed by atoms with E-state index in [4.69, 9.17) is 4.74 Å². The van der Waals surface area contributed by atoms with Gasteiger partial charge in [0, 0.05) is 31.9 Å². The van der Waals surface area contributed by atoms with E-state index in [1.54, 1.807) is 0 Å². The molecule has 4 nitrogen and oxygen atoms in total. The zero-order valence-corrected chi connectivity index (χ0v) is 12.5. The Kier molecular flexibility index (Phi) is 3.21. The van der Waals surface area contributed by atoms with Crippen molar-refractivity contribution in [2.24, 2.45) is 0 Å². The number of hydrogen-bond acceptors (Lipinski definition) is 3. The van der Waals surface area contributed by atoms with Crippen molar-refractivity contribution < 1.29 is 9.53 Å². The average Bonchev–Trinajstić information content (AvgIpc) is 3.21. The highest BCUT2D eigenvalue weighted by atomic mass is 16.6. The second-order valence-corrected chi connectivity index (χ2v) is 6.02. The number of aryl methyl sites for hydroxylation is 1. The molecule has 0 spiro atoms. The van der Waals surface area contributed by atoms with Gasteiger partial charge >= 0.3 is 0 Å². The van der Waals surface area contributed by atoms with Gasteiger partial charge in [-0.2, -0.15) is 0 Å². The Bertz CT molecular complexity index is 529. The first-order valence-corrected chi connectivity index (χ1v) is 7.26. The number of ether oxygens (including phenoxy) is 1. The molecule has 0 aliphatic carbocycles. The van der Waals surface area contributed by atoms with E-state index in [0.29, 0.717) is 6.61 Å². The Hall–Kier alpha value is -1.55. The third-order valence-electron chi connectivity index (χ3n) is 4.51. The monoisotopic (exact) mass is 274 g/mol. The van der Waals surface area contributed by atoms with Crippen LogP contribution in [-0.2, 0) is 9.53 Å². The van der Waals surface area contributed by atoms with Gasteiger partial charge in [-0.25, -0.2) is 0 Å². The smallest absolute Gasteiger partial charge is 0.257 e. The number of hydrogen-bond donors (Lipinski definition) is 0. The Morgan fingerprint density at radius 1 is 1.20 bits per heavy atom. The minimum absolute atomic E-state index is 0.151. The molecule has 1 amide bonds. The number of benzene rings is 1. The number of epoxide rings is 1. The summed E-state index contributed by atoms with van der Waals surface area (Å²) < 4.78 is 5.25. The van der Waals surface area contributed by atoms with Crippen LogP contribution in [-0.4, -0.2) is 49.2 Å². The number of anilines is 1. The minimum Gasteiger partial charge on any atom is -0.368 e. The molecule has 0 saturated carbocycles. The highest BCUT2D eigenvalue weighted by molar-refractivity contribution is 5.87. The summed E-state index contributed by atoms with van der Waals surface area (Å²) in [4.78, 5) is 16.5. The van der Waals surface area contributed by atoms with Crippen molar-refractivity contribution in [2.45, 2.75) is 26.4 Å². The fourth-order valence-corrected chi connectivity index (χ4v) is 2.79. The molecule has 2 saturated heterocycles. The summed E-state index contributed by atoms with van der Waals surface area (Å²) >= 11 is 0. The van der Waals surface area contributed by atoms with Crippen LogP contribution in [0.25, 0.3) is 0 Å². The topological polar surface area (TPSA) is 36.1 Å². The van der Waals surface area contributed by atoms with Crippen molar-refractivity contribution in [1.29, 1.82) is 0 Å². The van der Waals surface area contributed by atoms with Gasteiger partial charge in [0.2, 0.25) is 0 Å². The molecule has 1 aromatic rings. The molecule has 2 aliphatic heterocycles. The summed E-state index contributed by atoms with van der Waals surface area (Å²) in [5.74, 6) is 0.151. The van der Waals surface area contributed by atoms with Crippen molar-refractivity contribution in [3.63, 3.8) is 0 Å². The molecule has 0 radical (unpaired) electrons. The normalized spacial score (nSPS) is 25.8. The van der Waals surface area contributed by atoms with Crippen molar-refractivity contribution in [3.8, 4) is 0 Å². The summed E-state index contributed by atoms with van der Waals surface area (Å²) in [6.07, 6.45) is 0. The Labute approximate surface area is 120 Å². The number of piperazine rings is 1. The highest BCUT2D eigenvalue weighted by Gasteiger charge is 2.49. The second-order valence-electron chi connectivity index (χ2n) is 6.02. The molecule has 0 aromatic heterocycles. The molecule has 20 heavy (non-hydrogen) atoms. The lowest BCUT2D eigenvalue weighted by Crippen LogP contribution is -2.52. The number of nitrogens with zero attached hydrogens (tertiary/aromatic N) is 2. The summed E-state index contributed by atoms with van der Waals surface area (Å²) in [6.45, 7) is 10.1. The molecule has 1 unspecified atom stereocenters. The van der Waals surface area contributed by atoms with Gasteiger partial charge in [-0.15, -0.1) is 0 Å². The van der Waals surface area contributed by atoms with E-state index < -0.39 is 5.60 Å². The maximum atomic E-state index is 12.2. The number of rotatable bonds is 2. The van der Waals surface area contributed by atoms with Gasteiger partial charge < -0.3 is 14.5 Å². The summed E-state index contributed by atoms with van der Waals surface area (Å²) in [7, 11) is 0. The van der Waals surface area contributed by atoms with Crippen molar-refractivity contribution >= 4 is 11.6 Å². The Balaban J connectivity index is 1.66. The number of amides is 1. The van der Waals surface area contributed by atoms with Crippen LogP contribution < -0.4 is 4.90 Å². The predicted molar refractivity (Wildman–Crippen MR) is 79.1 cm³/mol. The Morgan fingerprint density at radius 3 is 2.45 bits per heavy atom. The van der Waals surface area contributed by atoms with Crippen LogP contribution in [0.15, 0.2) is 18.2 Å². The van der Waals surface area contributed by atoms with E-state index in [-0.39, 0.29) is 5.91 Å². The molecule has 2 aliphatic rings. The quantitative estimate of drug-likeness (QED) is 0.771. The van der Waals surface area contributed by atoms with E-state index in [1.807, 2.05) is 11.8 Å². The van der Waals surface area contributed by atoms with Gasteiger partial charge in [0.05, 0.1) is 6.61 Å². The van der Waals surface area contributed by atoms with Gasteiger partial charge in [0.15, 0.2) is 5.60 Å². The van der Waals surface area contributed by atoms with E-state index in [2.05, 4.69) is 36.9 Å². The first-order chi connectivity index (χ1) is 9.51. The van der Waals surface area contributed by atoms with Gasteiger partial charge in [0.1, 0.15) is 0 Å². The van der Waals surface area contributed by atoms with E-state index in [0.717, 1.165) is 26.2 Å². The molecule has 2 fully saturated rings. The molecule has 4 heteroatoms. The van der Waals surface area contributed by atoms with Gasteiger partial charge in [0.25, 0.3) is 5.91 Å². The zero-order chi connectivity index (χ0) is 14.3. The Morgan fingerprint density at radius 2 is 1.85 bits per heavy atom. The molecular weight excluding hydrogens is 252 g/mol. The summed E-state index contributed by atoms with van der Waals surface area (Å²) in [6, 6.07) is 6.42. The van der Waals surface area contributed by atoms with Crippen molar-refractivity contribution in [1.82, 2.24) is 4.90 Å². The molecule has 0 bridgehead atoms. The maximum Gasteiger partial charge on any atom is 0.257 e. The highest BCUT2D eigenvalue weighted by Crippen LogP contribution is 2.30. The molecule has 3 rings (SSSR count). The fraction of sp³-hybridized carbons (Fsp3) is 0.562. The molecule has 108 valence electrons. The van der Waals surface area contributed by atoms with Crippen molar-refractivity contribution in [2.75, 3.05) is 37.7 Å². The molecule has 1 atom stereocenters. The SMILES string of the molecule is Cc1cccc(N2CCN(C(=O)C3(C)CO3)CC2)c1C. The predicted octanol–water partition coefficient (Wildman–Crippen LogP) is 1.74. The van der Waals surface area contributed by atoms with Gasteiger partial charge in [-0.1, -0.05) is 12.1 Å². The van der Waals surface area contributed by atoms with Crippen LogP contribution in [0.1, 0.15) is 18.1 Å². The second kappa shape index (κ2) is 4.77. The lowest BCUT2D eigenvalue weighted by molar-refractivity contribution is -0.136. The van der Waals surface area contributed by atoms with E-state index in [9.17, 15) is 4.79 Å². The molecule has 0 N–H and O–H groups in total. The minimum atomic E-state index is -0.526. The molecule has 2 heterocycles. The van der Waals surface area contributed by atoms with Crippen LogP contribution in [0.3, 0.4) is 0 Å². The van der Waals surface area contributed by atoms with Crippen LogP contribution in [0.4, 0.5) is 5.69 Å². The van der Waals surface area contributed by atoms with Crippen molar-refractivity contribution in [3.05, 3.63) is 29.3 Å². The first kappa shape index (κ1) is 13.4. The fourth-order valence-electron chi connectivity index (χ4n) is 2.79. The molecular formula is C16H22N2O2. The summed E-state index contributed by atoms with van der Waals surface area (Å²) in [5.41, 5.74) is 3.43. The molecule has 1 aromatic carbocycles. The van der Waals surface area contributed by atoms with Gasteiger partial charge in [-0.3, -0.25) is 4.79 Å². The lowest BCUT2D eigenvalue weighted by Gasteiger charge is -2.37. The standard InChI is InChI=1S/C16H22N2O2/c1-12-5-4-6-14(13(12)2)17-7-9-18(10-8-17)15(19)16(3)11-20-16/h4-6H,7-11H2,1-3H3. The largest absolute Gasteiger partial charge is 0.368 e. The van der Waals surface area contributed by atoms with Crippen LogP contribution in [0, 0.1) is 13.8 Å².